The van der Waals surface area contributed by atoms with Gasteiger partial charge in [-0.15, -0.1) is 11.3 Å². The summed E-state index contributed by atoms with van der Waals surface area (Å²) in [6.07, 6.45) is -0.654. The van der Waals surface area contributed by atoms with Crippen LogP contribution >= 0.6 is 11.3 Å². The third-order valence-corrected chi connectivity index (χ3v) is 5.66. The number of fused-ring (bicyclic) bond motifs is 1. The molecule has 0 spiro atoms. The summed E-state index contributed by atoms with van der Waals surface area (Å²) in [5.41, 5.74) is 5.15. The van der Waals surface area contributed by atoms with E-state index in [2.05, 4.69) is 10.3 Å². The Morgan fingerprint density at radius 2 is 1.90 bits per heavy atom. The van der Waals surface area contributed by atoms with Gasteiger partial charge in [0.15, 0.2) is 6.10 Å². The number of thiazole rings is 1. The number of aryl methyl sites for hydroxylation is 3. The Kier molecular flexibility index (Phi) is 5.30. The average Bonchev–Trinajstić information content (AvgIpc) is 3.10. The van der Waals surface area contributed by atoms with Gasteiger partial charge in [-0.05, 0) is 69.2 Å². The molecule has 0 bridgehead atoms. The molecule has 4 rings (SSSR count). The molecule has 0 saturated carbocycles. The standard InChI is InChI=1S/C23H23N3O3S/c1-13-7-14(2)9-18(8-13)25-22(27)11-26-20-10-17(19-12-30-16(4)24-19)5-6-21(20)29-15(3)23(26)28/h5-10,12,15H,11H2,1-4H3,(H,25,27). The molecule has 1 aliphatic heterocycles. The van der Waals surface area contributed by atoms with Crippen LogP contribution < -0.4 is 15.0 Å². The molecule has 7 heteroatoms. The molecule has 2 amide bonds. The maximum absolute atomic E-state index is 12.8. The van der Waals surface area contributed by atoms with Crippen LogP contribution in [-0.2, 0) is 9.59 Å². The number of anilines is 2. The minimum Gasteiger partial charge on any atom is -0.479 e. The highest BCUT2D eigenvalue weighted by Crippen LogP contribution is 2.37. The van der Waals surface area contributed by atoms with Gasteiger partial charge in [-0.2, -0.15) is 0 Å². The second-order valence-corrected chi connectivity index (χ2v) is 8.61. The van der Waals surface area contributed by atoms with Gasteiger partial charge in [0, 0.05) is 16.6 Å². The van der Waals surface area contributed by atoms with Crippen molar-refractivity contribution >= 4 is 34.5 Å². The quantitative estimate of drug-likeness (QED) is 0.674. The molecule has 0 fully saturated rings. The molecule has 0 saturated heterocycles. The van der Waals surface area contributed by atoms with Crippen LogP contribution in [0, 0.1) is 20.8 Å². The molecule has 154 valence electrons. The van der Waals surface area contributed by atoms with Gasteiger partial charge >= 0.3 is 0 Å². The van der Waals surface area contributed by atoms with Crippen molar-refractivity contribution in [2.75, 3.05) is 16.8 Å². The maximum Gasteiger partial charge on any atom is 0.268 e. The van der Waals surface area contributed by atoms with Crippen LogP contribution in [0.1, 0.15) is 23.1 Å². The third kappa shape index (κ3) is 4.07. The minimum atomic E-state index is -0.654. The van der Waals surface area contributed by atoms with Crippen molar-refractivity contribution in [1.82, 2.24) is 4.98 Å². The van der Waals surface area contributed by atoms with E-state index in [-0.39, 0.29) is 18.4 Å². The number of rotatable bonds is 4. The Morgan fingerprint density at radius 3 is 2.57 bits per heavy atom. The highest BCUT2D eigenvalue weighted by atomic mass is 32.1. The number of nitrogens with one attached hydrogen (secondary N) is 1. The average molecular weight is 422 g/mol. The largest absolute Gasteiger partial charge is 0.479 e. The topological polar surface area (TPSA) is 71.5 Å². The number of hydrogen-bond donors (Lipinski definition) is 1. The van der Waals surface area contributed by atoms with Crippen LogP contribution in [0.5, 0.6) is 5.75 Å². The number of hydrogen-bond acceptors (Lipinski definition) is 5. The van der Waals surface area contributed by atoms with E-state index < -0.39 is 6.10 Å². The second-order valence-electron chi connectivity index (χ2n) is 7.54. The van der Waals surface area contributed by atoms with Crippen molar-refractivity contribution in [2.24, 2.45) is 0 Å². The summed E-state index contributed by atoms with van der Waals surface area (Å²) in [6.45, 7) is 7.51. The van der Waals surface area contributed by atoms with E-state index in [1.165, 1.54) is 4.90 Å². The molecule has 1 aromatic heterocycles. The first-order valence-corrected chi connectivity index (χ1v) is 10.6. The number of amides is 2. The van der Waals surface area contributed by atoms with Gasteiger partial charge in [0.25, 0.3) is 5.91 Å². The van der Waals surface area contributed by atoms with Crippen molar-refractivity contribution in [3.05, 3.63) is 57.9 Å². The molecular formula is C23H23N3O3S. The van der Waals surface area contributed by atoms with E-state index in [4.69, 9.17) is 4.74 Å². The van der Waals surface area contributed by atoms with Crippen LogP contribution in [0.3, 0.4) is 0 Å². The predicted molar refractivity (Wildman–Crippen MR) is 119 cm³/mol. The van der Waals surface area contributed by atoms with Crippen LogP contribution in [-0.4, -0.2) is 29.4 Å². The first-order chi connectivity index (χ1) is 14.3. The Bertz CT molecular complexity index is 1120. The van der Waals surface area contributed by atoms with E-state index >= 15 is 0 Å². The van der Waals surface area contributed by atoms with Gasteiger partial charge in [-0.25, -0.2) is 4.98 Å². The van der Waals surface area contributed by atoms with Gasteiger partial charge < -0.3 is 10.1 Å². The van der Waals surface area contributed by atoms with Crippen molar-refractivity contribution in [2.45, 2.75) is 33.8 Å². The Hall–Kier alpha value is -3.19. The smallest absolute Gasteiger partial charge is 0.268 e. The van der Waals surface area contributed by atoms with Crippen molar-refractivity contribution < 1.29 is 14.3 Å². The summed E-state index contributed by atoms with van der Waals surface area (Å²) in [7, 11) is 0. The van der Waals surface area contributed by atoms with Crippen molar-refractivity contribution in [3.63, 3.8) is 0 Å². The van der Waals surface area contributed by atoms with Gasteiger partial charge in [0.1, 0.15) is 12.3 Å². The van der Waals surface area contributed by atoms with Gasteiger partial charge in [0.05, 0.1) is 16.4 Å². The number of benzene rings is 2. The molecule has 1 aliphatic rings. The monoisotopic (exact) mass is 421 g/mol. The first-order valence-electron chi connectivity index (χ1n) is 9.73. The summed E-state index contributed by atoms with van der Waals surface area (Å²) in [5.74, 6) is 0.0741. The molecule has 1 unspecified atom stereocenters. The lowest BCUT2D eigenvalue weighted by Crippen LogP contribution is -2.47. The summed E-state index contributed by atoms with van der Waals surface area (Å²) < 4.78 is 5.76. The molecule has 1 atom stereocenters. The van der Waals surface area contributed by atoms with E-state index in [0.717, 1.165) is 33.1 Å². The maximum atomic E-state index is 12.8. The highest BCUT2D eigenvalue weighted by molar-refractivity contribution is 7.09. The molecule has 6 nitrogen and oxygen atoms in total. The Balaban J connectivity index is 1.62. The number of ether oxygens (including phenoxy) is 1. The third-order valence-electron chi connectivity index (χ3n) is 4.89. The van der Waals surface area contributed by atoms with Crippen LogP contribution in [0.2, 0.25) is 0 Å². The minimum absolute atomic E-state index is 0.0912. The molecule has 2 aromatic carbocycles. The zero-order chi connectivity index (χ0) is 21.4. The normalized spacial score (nSPS) is 15.5. The fourth-order valence-corrected chi connectivity index (χ4v) is 4.24. The zero-order valence-corrected chi connectivity index (χ0v) is 18.2. The van der Waals surface area contributed by atoms with E-state index in [0.29, 0.717) is 11.4 Å². The lowest BCUT2D eigenvalue weighted by atomic mass is 10.1. The lowest BCUT2D eigenvalue weighted by Gasteiger charge is -2.32. The fraction of sp³-hybridized carbons (Fsp3) is 0.261. The van der Waals surface area contributed by atoms with Gasteiger partial charge in [0.2, 0.25) is 5.91 Å². The molecular weight excluding hydrogens is 398 g/mol. The fourth-order valence-electron chi connectivity index (χ4n) is 3.62. The molecule has 30 heavy (non-hydrogen) atoms. The highest BCUT2D eigenvalue weighted by Gasteiger charge is 2.33. The summed E-state index contributed by atoms with van der Waals surface area (Å²) in [4.78, 5) is 31.6. The lowest BCUT2D eigenvalue weighted by molar-refractivity contribution is -0.127. The van der Waals surface area contributed by atoms with Crippen molar-refractivity contribution in [1.29, 1.82) is 0 Å². The number of aromatic nitrogens is 1. The number of carbonyl (C=O) groups excluding carboxylic acids is 2. The second kappa shape index (κ2) is 7.91. The zero-order valence-electron chi connectivity index (χ0n) is 17.4. The first kappa shape index (κ1) is 20.1. The van der Waals surface area contributed by atoms with E-state index in [1.807, 2.05) is 62.5 Å². The van der Waals surface area contributed by atoms with Crippen molar-refractivity contribution in [3.8, 4) is 17.0 Å². The molecule has 3 aromatic rings. The van der Waals surface area contributed by atoms with Crippen LogP contribution in [0.4, 0.5) is 11.4 Å². The SMILES string of the molecule is Cc1cc(C)cc(NC(=O)CN2C(=O)C(C)Oc3ccc(-c4csc(C)n4)cc32)c1. The van der Waals surface area contributed by atoms with Gasteiger partial charge in [-0.3, -0.25) is 14.5 Å². The van der Waals surface area contributed by atoms with Crippen LogP contribution in [0.25, 0.3) is 11.3 Å². The van der Waals surface area contributed by atoms with E-state index in [1.54, 1.807) is 18.3 Å². The van der Waals surface area contributed by atoms with E-state index in [9.17, 15) is 9.59 Å². The summed E-state index contributed by atoms with van der Waals surface area (Å²) in [5, 5.41) is 5.84. The Labute approximate surface area is 179 Å². The van der Waals surface area contributed by atoms with Crippen LogP contribution in [0.15, 0.2) is 41.8 Å². The van der Waals surface area contributed by atoms with Gasteiger partial charge in [-0.1, -0.05) is 6.07 Å². The molecule has 0 aliphatic carbocycles. The molecule has 2 heterocycles. The number of carbonyl (C=O) groups is 2. The molecule has 1 N–H and O–H groups in total. The predicted octanol–water partition coefficient (Wildman–Crippen LogP) is 4.49. The number of nitrogens with zero attached hydrogens (tertiary/aromatic N) is 2. The summed E-state index contributed by atoms with van der Waals surface area (Å²) >= 11 is 1.57. The summed E-state index contributed by atoms with van der Waals surface area (Å²) in [6, 6.07) is 11.5. The molecule has 0 radical (unpaired) electrons. The Morgan fingerprint density at radius 1 is 1.17 bits per heavy atom.